The molecule has 9 heteroatoms. The van der Waals surface area contributed by atoms with E-state index >= 15 is 0 Å². The average molecular weight is 435 g/mol. The smallest absolute Gasteiger partial charge is 0.233 e. The molecule has 3 rings (SSSR count). The molecule has 1 amide bonds. The van der Waals surface area contributed by atoms with Gasteiger partial charge in [0.1, 0.15) is 11.6 Å². The molecule has 0 aliphatic heterocycles. The minimum Gasteiger partial charge on any atom is -0.496 e. The minimum atomic E-state index is -0.431. The van der Waals surface area contributed by atoms with Crippen molar-refractivity contribution in [2.24, 2.45) is 7.05 Å². The summed E-state index contributed by atoms with van der Waals surface area (Å²) in [5, 5.41) is 9.30. The molecule has 0 saturated carbocycles. The van der Waals surface area contributed by atoms with Gasteiger partial charge in [-0.25, -0.2) is 4.39 Å². The molecule has 0 aliphatic rings. The SMILES string of the molecule is COc1ccccc1-c1nnc(SCC(=O)N(C)Cc2c(F)cccc2Cl)n1C. The largest absolute Gasteiger partial charge is 0.496 e. The number of nitrogens with zero attached hydrogens (tertiary/aromatic N) is 4. The maximum Gasteiger partial charge on any atom is 0.233 e. The molecule has 1 aromatic heterocycles. The Morgan fingerprint density at radius 3 is 2.72 bits per heavy atom. The normalized spacial score (nSPS) is 10.8. The lowest BCUT2D eigenvalue weighted by Gasteiger charge is -2.18. The number of hydrogen-bond acceptors (Lipinski definition) is 5. The van der Waals surface area contributed by atoms with Crippen LogP contribution in [0.15, 0.2) is 47.6 Å². The van der Waals surface area contributed by atoms with Crippen LogP contribution in [-0.4, -0.2) is 45.5 Å². The van der Waals surface area contributed by atoms with Gasteiger partial charge in [-0.05, 0) is 24.3 Å². The molecule has 29 heavy (non-hydrogen) atoms. The van der Waals surface area contributed by atoms with Gasteiger partial charge < -0.3 is 14.2 Å². The molecule has 6 nitrogen and oxygen atoms in total. The maximum atomic E-state index is 13.9. The molecule has 0 bridgehead atoms. The third kappa shape index (κ3) is 4.71. The van der Waals surface area contributed by atoms with E-state index in [1.165, 1.54) is 28.8 Å². The first-order chi connectivity index (χ1) is 13.9. The predicted molar refractivity (Wildman–Crippen MR) is 112 cm³/mol. The zero-order valence-electron chi connectivity index (χ0n) is 16.2. The fourth-order valence-electron chi connectivity index (χ4n) is 2.75. The van der Waals surface area contributed by atoms with E-state index in [0.29, 0.717) is 27.3 Å². The van der Waals surface area contributed by atoms with E-state index in [1.54, 1.807) is 20.2 Å². The van der Waals surface area contributed by atoms with E-state index in [4.69, 9.17) is 16.3 Å². The van der Waals surface area contributed by atoms with Crippen LogP contribution in [0.3, 0.4) is 0 Å². The van der Waals surface area contributed by atoms with Crippen molar-refractivity contribution in [3.8, 4) is 17.1 Å². The maximum absolute atomic E-state index is 13.9. The molecule has 0 fully saturated rings. The Bertz CT molecular complexity index is 1010. The molecular weight excluding hydrogens is 415 g/mol. The number of carbonyl (C=O) groups is 1. The van der Waals surface area contributed by atoms with Gasteiger partial charge in [0.05, 0.1) is 18.4 Å². The number of halogens is 2. The number of rotatable bonds is 7. The molecule has 1 heterocycles. The van der Waals surface area contributed by atoms with Crippen molar-refractivity contribution in [1.82, 2.24) is 19.7 Å². The Balaban J connectivity index is 1.67. The average Bonchev–Trinajstić information content (AvgIpc) is 3.09. The van der Waals surface area contributed by atoms with Gasteiger partial charge in [0.15, 0.2) is 11.0 Å². The first-order valence-corrected chi connectivity index (χ1v) is 10.1. The summed E-state index contributed by atoms with van der Waals surface area (Å²) in [5.74, 6) is 0.872. The molecular formula is C20H20ClFN4O2S. The highest BCUT2D eigenvalue weighted by Gasteiger charge is 2.18. The number of hydrogen-bond donors (Lipinski definition) is 0. The summed E-state index contributed by atoms with van der Waals surface area (Å²) in [6.45, 7) is 0.0934. The Morgan fingerprint density at radius 1 is 1.24 bits per heavy atom. The minimum absolute atomic E-state index is 0.0934. The topological polar surface area (TPSA) is 60.3 Å². The molecule has 0 aliphatic carbocycles. The van der Waals surface area contributed by atoms with Crippen LogP contribution in [0.2, 0.25) is 5.02 Å². The summed E-state index contributed by atoms with van der Waals surface area (Å²) in [6, 6.07) is 12.0. The summed E-state index contributed by atoms with van der Waals surface area (Å²) < 4.78 is 21.1. The van der Waals surface area contributed by atoms with Crippen LogP contribution in [0.5, 0.6) is 5.75 Å². The predicted octanol–water partition coefficient (Wildman–Crippen LogP) is 4.03. The second-order valence-corrected chi connectivity index (χ2v) is 7.65. The fraction of sp³-hybridized carbons (Fsp3) is 0.250. The summed E-state index contributed by atoms with van der Waals surface area (Å²) in [6.07, 6.45) is 0. The highest BCUT2D eigenvalue weighted by molar-refractivity contribution is 7.99. The summed E-state index contributed by atoms with van der Waals surface area (Å²) in [4.78, 5) is 13.9. The molecule has 0 atom stereocenters. The van der Waals surface area contributed by atoms with Crippen molar-refractivity contribution in [2.45, 2.75) is 11.7 Å². The van der Waals surface area contributed by atoms with Crippen molar-refractivity contribution in [3.63, 3.8) is 0 Å². The fourth-order valence-corrected chi connectivity index (χ4v) is 3.82. The molecule has 152 valence electrons. The number of aromatic nitrogens is 3. The number of ether oxygens (including phenoxy) is 1. The lowest BCUT2D eigenvalue weighted by Crippen LogP contribution is -2.28. The summed E-state index contributed by atoms with van der Waals surface area (Å²) >= 11 is 7.30. The van der Waals surface area contributed by atoms with Gasteiger partial charge >= 0.3 is 0 Å². The quantitative estimate of drug-likeness (QED) is 0.525. The van der Waals surface area contributed by atoms with Crippen LogP contribution >= 0.6 is 23.4 Å². The third-order valence-electron chi connectivity index (χ3n) is 4.39. The highest BCUT2D eigenvalue weighted by atomic mass is 35.5. The molecule has 2 aromatic carbocycles. The van der Waals surface area contributed by atoms with Crippen molar-refractivity contribution in [1.29, 1.82) is 0 Å². The standard InChI is InChI=1S/C20H20ClFN4O2S/c1-25(11-14-15(21)8-6-9-16(14)22)18(27)12-29-20-24-23-19(26(20)2)13-7-4-5-10-17(13)28-3/h4-10H,11-12H2,1-3H3. The van der Waals surface area contributed by atoms with Crippen molar-refractivity contribution >= 4 is 29.3 Å². The first kappa shape index (κ1) is 21.1. The Morgan fingerprint density at radius 2 is 2.00 bits per heavy atom. The Labute approximate surface area is 177 Å². The molecule has 0 N–H and O–H groups in total. The van der Waals surface area contributed by atoms with Gasteiger partial charge in [-0.1, -0.05) is 41.6 Å². The molecule has 0 radical (unpaired) electrons. The number of methoxy groups -OCH3 is 1. The van der Waals surface area contributed by atoms with Crippen LogP contribution < -0.4 is 4.74 Å². The summed E-state index contributed by atoms with van der Waals surface area (Å²) in [5.41, 5.74) is 1.11. The van der Waals surface area contributed by atoms with E-state index in [9.17, 15) is 9.18 Å². The van der Waals surface area contributed by atoms with Crippen LogP contribution in [-0.2, 0) is 18.4 Å². The molecule has 0 unspecified atom stereocenters. The number of amides is 1. The van der Waals surface area contributed by atoms with E-state index < -0.39 is 5.82 Å². The van der Waals surface area contributed by atoms with E-state index in [0.717, 1.165) is 5.56 Å². The highest BCUT2D eigenvalue weighted by Crippen LogP contribution is 2.30. The van der Waals surface area contributed by atoms with Crippen LogP contribution in [0.1, 0.15) is 5.56 Å². The van der Waals surface area contributed by atoms with Gasteiger partial charge in [0.25, 0.3) is 0 Å². The van der Waals surface area contributed by atoms with Crippen LogP contribution in [0.25, 0.3) is 11.4 Å². The lowest BCUT2D eigenvalue weighted by atomic mass is 10.2. The second kappa shape index (κ2) is 9.28. The third-order valence-corrected chi connectivity index (χ3v) is 5.75. The van der Waals surface area contributed by atoms with Gasteiger partial charge in [0, 0.05) is 31.2 Å². The van der Waals surface area contributed by atoms with Crippen LogP contribution in [0, 0.1) is 5.82 Å². The zero-order chi connectivity index (χ0) is 21.0. The summed E-state index contributed by atoms with van der Waals surface area (Å²) in [7, 11) is 5.04. The number of benzene rings is 2. The monoisotopic (exact) mass is 434 g/mol. The first-order valence-electron chi connectivity index (χ1n) is 8.74. The van der Waals surface area contributed by atoms with E-state index in [-0.39, 0.29) is 18.2 Å². The second-order valence-electron chi connectivity index (χ2n) is 6.30. The number of para-hydroxylation sites is 1. The van der Waals surface area contributed by atoms with Crippen molar-refractivity contribution in [2.75, 3.05) is 19.9 Å². The van der Waals surface area contributed by atoms with Crippen molar-refractivity contribution in [3.05, 3.63) is 58.9 Å². The Kier molecular flexibility index (Phi) is 6.76. The van der Waals surface area contributed by atoms with Gasteiger partial charge in [-0.3, -0.25) is 4.79 Å². The molecule has 0 spiro atoms. The van der Waals surface area contributed by atoms with E-state index in [1.807, 2.05) is 35.9 Å². The van der Waals surface area contributed by atoms with Gasteiger partial charge in [-0.15, -0.1) is 10.2 Å². The number of carbonyl (C=O) groups excluding carboxylic acids is 1. The Hall–Kier alpha value is -2.58. The van der Waals surface area contributed by atoms with E-state index in [2.05, 4.69) is 10.2 Å². The zero-order valence-corrected chi connectivity index (χ0v) is 17.8. The lowest BCUT2D eigenvalue weighted by molar-refractivity contribution is -0.127. The van der Waals surface area contributed by atoms with Crippen molar-refractivity contribution < 1.29 is 13.9 Å². The van der Waals surface area contributed by atoms with Crippen LogP contribution in [0.4, 0.5) is 4.39 Å². The number of thioether (sulfide) groups is 1. The van der Waals surface area contributed by atoms with Gasteiger partial charge in [-0.2, -0.15) is 0 Å². The molecule has 3 aromatic rings. The van der Waals surface area contributed by atoms with Gasteiger partial charge in [0.2, 0.25) is 5.91 Å². The molecule has 0 saturated heterocycles.